The molecule has 6 aromatic rings. The fourth-order valence-electron chi connectivity index (χ4n) is 4.29. The highest BCUT2D eigenvalue weighted by atomic mass is 15.0. The van der Waals surface area contributed by atoms with E-state index in [1.165, 1.54) is 21.8 Å². The number of para-hydroxylation sites is 2. The number of benzene rings is 4. The molecule has 2 heterocycles. The van der Waals surface area contributed by atoms with Crippen LogP contribution in [-0.4, -0.2) is 9.55 Å². The Morgan fingerprint density at radius 3 is 1.93 bits per heavy atom. The molecule has 6 rings (SSSR count). The Kier molecular flexibility index (Phi) is 2.95. The Labute approximate surface area is 161 Å². The van der Waals surface area contributed by atoms with Gasteiger partial charge in [0.25, 0.3) is 0 Å². The average molecular weight is 357 g/mol. The van der Waals surface area contributed by atoms with Gasteiger partial charge in [-0.1, -0.05) is 36.4 Å². The van der Waals surface area contributed by atoms with E-state index >= 15 is 0 Å². The number of hydrogen-bond donors (Lipinski definition) is 1. The first-order valence-electron chi connectivity index (χ1n) is 9.28. The zero-order valence-corrected chi connectivity index (χ0v) is 15.0. The number of nitrogens with zero attached hydrogens (tertiary/aromatic N) is 2. The largest absolute Gasteiger partial charge is 0.355 e. The van der Waals surface area contributed by atoms with Crippen molar-refractivity contribution in [3.63, 3.8) is 0 Å². The minimum atomic E-state index is 0.677. The molecule has 0 aliphatic carbocycles. The molecule has 130 valence electrons. The van der Waals surface area contributed by atoms with Crippen LogP contribution in [0.15, 0.2) is 84.9 Å². The zero-order valence-electron chi connectivity index (χ0n) is 15.0. The van der Waals surface area contributed by atoms with E-state index in [2.05, 4.69) is 82.4 Å². The van der Waals surface area contributed by atoms with E-state index in [-0.39, 0.29) is 0 Å². The van der Waals surface area contributed by atoms with Gasteiger partial charge in [0, 0.05) is 38.3 Å². The number of hydrogen-bond acceptors (Lipinski definition) is 1. The van der Waals surface area contributed by atoms with Crippen LogP contribution in [0, 0.1) is 11.3 Å². The van der Waals surface area contributed by atoms with Crippen molar-refractivity contribution >= 4 is 43.6 Å². The SMILES string of the molecule is N#Cc1ccc2[nH]c3ccc(-n4c5ccccc5c5ccccc54)cc3c2c1. The summed E-state index contributed by atoms with van der Waals surface area (Å²) in [5.74, 6) is 0. The van der Waals surface area contributed by atoms with E-state index < -0.39 is 0 Å². The summed E-state index contributed by atoms with van der Waals surface area (Å²) in [4.78, 5) is 3.46. The second-order valence-corrected chi connectivity index (χ2v) is 7.10. The third kappa shape index (κ3) is 1.97. The lowest BCUT2D eigenvalue weighted by molar-refractivity contribution is 1.19. The van der Waals surface area contributed by atoms with Gasteiger partial charge < -0.3 is 9.55 Å². The molecule has 2 aromatic heterocycles. The summed E-state index contributed by atoms with van der Waals surface area (Å²) in [5.41, 5.74) is 6.31. The van der Waals surface area contributed by atoms with Gasteiger partial charge in [-0.2, -0.15) is 5.26 Å². The number of nitrogens with one attached hydrogen (secondary N) is 1. The van der Waals surface area contributed by atoms with Crippen molar-refractivity contribution < 1.29 is 0 Å². The summed E-state index contributed by atoms with van der Waals surface area (Å²) in [6.45, 7) is 0. The van der Waals surface area contributed by atoms with Gasteiger partial charge in [0.1, 0.15) is 0 Å². The van der Waals surface area contributed by atoms with E-state index in [0.717, 1.165) is 27.5 Å². The van der Waals surface area contributed by atoms with E-state index in [1.807, 2.05) is 18.2 Å². The lowest BCUT2D eigenvalue weighted by Gasteiger charge is -2.08. The first kappa shape index (κ1) is 15.1. The number of H-pyrrole nitrogens is 1. The minimum Gasteiger partial charge on any atom is -0.355 e. The van der Waals surface area contributed by atoms with Gasteiger partial charge in [0.2, 0.25) is 0 Å². The standard InChI is InChI=1S/C25H15N3/c26-15-16-9-11-22-20(13-16)21-14-17(10-12-23(21)27-22)28-24-7-3-1-5-18(24)19-6-2-4-8-25(19)28/h1-14,27H. The van der Waals surface area contributed by atoms with E-state index in [0.29, 0.717) is 5.56 Å². The number of rotatable bonds is 1. The summed E-state index contributed by atoms with van der Waals surface area (Å²) in [7, 11) is 0. The van der Waals surface area contributed by atoms with Gasteiger partial charge in [-0.05, 0) is 48.5 Å². The summed E-state index contributed by atoms with van der Waals surface area (Å²) in [6, 6.07) is 31.6. The number of fused-ring (bicyclic) bond motifs is 6. The summed E-state index contributed by atoms with van der Waals surface area (Å²) in [6.07, 6.45) is 0. The maximum Gasteiger partial charge on any atom is 0.0991 e. The van der Waals surface area contributed by atoms with E-state index in [1.54, 1.807) is 0 Å². The molecule has 0 spiro atoms. The first-order chi connectivity index (χ1) is 13.8. The molecular formula is C25H15N3. The van der Waals surface area contributed by atoms with Crippen molar-refractivity contribution in [2.45, 2.75) is 0 Å². The Morgan fingerprint density at radius 2 is 1.25 bits per heavy atom. The molecule has 3 nitrogen and oxygen atoms in total. The van der Waals surface area contributed by atoms with Crippen LogP contribution < -0.4 is 0 Å². The maximum absolute atomic E-state index is 9.28. The molecule has 28 heavy (non-hydrogen) atoms. The Balaban J connectivity index is 1.73. The van der Waals surface area contributed by atoms with Crippen molar-refractivity contribution in [2.24, 2.45) is 0 Å². The molecule has 0 amide bonds. The van der Waals surface area contributed by atoms with Crippen LogP contribution in [0.5, 0.6) is 0 Å². The number of nitriles is 1. The molecule has 0 saturated carbocycles. The lowest BCUT2D eigenvalue weighted by atomic mass is 10.1. The monoisotopic (exact) mass is 357 g/mol. The summed E-state index contributed by atoms with van der Waals surface area (Å²) >= 11 is 0. The molecule has 4 aromatic carbocycles. The van der Waals surface area contributed by atoms with Gasteiger partial charge in [0.15, 0.2) is 0 Å². The third-order valence-electron chi connectivity index (χ3n) is 5.55. The molecule has 0 bridgehead atoms. The van der Waals surface area contributed by atoms with Crippen LogP contribution in [0.3, 0.4) is 0 Å². The van der Waals surface area contributed by atoms with Gasteiger partial charge in [-0.3, -0.25) is 0 Å². The number of aromatic nitrogens is 2. The molecule has 0 aliphatic rings. The second kappa shape index (κ2) is 5.48. The second-order valence-electron chi connectivity index (χ2n) is 7.10. The normalized spacial score (nSPS) is 11.5. The van der Waals surface area contributed by atoms with Crippen LogP contribution in [0.2, 0.25) is 0 Å². The predicted molar refractivity (Wildman–Crippen MR) is 115 cm³/mol. The Hall–Kier alpha value is -4.03. The summed E-state index contributed by atoms with van der Waals surface area (Å²) < 4.78 is 2.32. The van der Waals surface area contributed by atoms with Crippen molar-refractivity contribution in [3.8, 4) is 11.8 Å². The molecule has 0 radical (unpaired) electrons. The van der Waals surface area contributed by atoms with Crippen LogP contribution in [-0.2, 0) is 0 Å². The Bertz CT molecular complexity index is 1520. The Morgan fingerprint density at radius 1 is 0.643 bits per heavy atom. The quantitative estimate of drug-likeness (QED) is 0.369. The van der Waals surface area contributed by atoms with Crippen LogP contribution >= 0.6 is 0 Å². The minimum absolute atomic E-state index is 0.677. The molecule has 0 saturated heterocycles. The highest BCUT2D eigenvalue weighted by Gasteiger charge is 2.13. The van der Waals surface area contributed by atoms with Gasteiger partial charge >= 0.3 is 0 Å². The van der Waals surface area contributed by atoms with Crippen LogP contribution in [0.25, 0.3) is 49.3 Å². The van der Waals surface area contributed by atoms with Gasteiger partial charge in [-0.15, -0.1) is 0 Å². The molecule has 3 heteroatoms. The molecule has 1 N–H and O–H groups in total. The highest BCUT2D eigenvalue weighted by molar-refractivity contribution is 6.11. The molecular weight excluding hydrogens is 342 g/mol. The van der Waals surface area contributed by atoms with Crippen LogP contribution in [0.1, 0.15) is 5.56 Å². The topological polar surface area (TPSA) is 44.5 Å². The van der Waals surface area contributed by atoms with Crippen molar-refractivity contribution in [3.05, 3.63) is 90.5 Å². The van der Waals surface area contributed by atoms with Crippen molar-refractivity contribution in [1.82, 2.24) is 9.55 Å². The summed E-state index contributed by atoms with van der Waals surface area (Å²) in [5, 5.41) is 14.0. The van der Waals surface area contributed by atoms with Gasteiger partial charge in [0.05, 0.1) is 22.7 Å². The number of aromatic amines is 1. The van der Waals surface area contributed by atoms with Crippen molar-refractivity contribution in [1.29, 1.82) is 5.26 Å². The van der Waals surface area contributed by atoms with Crippen molar-refractivity contribution in [2.75, 3.05) is 0 Å². The molecule has 0 fully saturated rings. The smallest absolute Gasteiger partial charge is 0.0991 e. The molecule has 0 aliphatic heterocycles. The van der Waals surface area contributed by atoms with E-state index in [4.69, 9.17) is 0 Å². The average Bonchev–Trinajstić information content (AvgIpc) is 3.28. The predicted octanol–water partition coefficient (Wildman–Crippen LogP) is 6.29. The molecule has 0 atom stereocenters. The lowest BCUT2D eigenvalue weighted by Crippen LogP contribution is -1.93. The third-order valence-corrected chi connectivity index (χ3v) is 5.55. The highest BCUT2D eigenvalue weighted by Crippen LogP contribution is 2.34. The first-order valence-corrected chi connectivity index (χ1v) is 9.28. The fourth-order valence-corrected chi connectivity index (χ4v) is 4.29. The maximum atomic E-state index is 9.28. The van der Waals surface area contributed by atoms with Gasteiger partial charge in [-0.25, -0.2) is 0 Å². The van der Waals surface area contributed by atoms with Crippen LogP contribution in [0.4, 0.5) is 0 Å². The fraction of sp³-hybridized carbons (Fsp3) is 0. The van der Waals surface area contributed by atoms with E-state index in [9.17, 15) is 5.26 Å². The molecule has 0 unspecified atom stereocenters. The zero-order chi connectivity index (χ0) is 18.7.